The van der Waals surface area contributed by atoms with Crippen LogP contribution in [0.15, 0.2) is 47.8 Å². The molecule has 0 spiro atoms. The molecule has 2 aromatic carbocycles. The molecule has 6 nitrogen and oxygen atoms in total. The first-order valence-electron chi connectivity index (χ1n) is 9.64. The molecule has 7 heteroatoms. The third-order valence-electron chi connectivity index (χ3n) is 4.40. The SMILES string of the molecule is CCOCCCN(CC(=O)Nc1nc(C)cs1)C(=O)c1ccc2ccccc2c1. The maximum atomic E-state index is 13.1. The highest BCUT2D eigenvalue weighted by Crippen LogP contribution is 2.18. The van der Waals surface area contributed by atoms with Crippen molar-refractivity contribution >= 4 is 39.1 Å². The molecule has 1 heterocycles. The minimum atomic E-state index is -0.259. The Hall–Kier alpha value is -2.77. The van der Waals surface area contributed by atoms with Crippen molar-refractivity contribution in [2.75, 3.05) is 31.6 Å². The normalized spacial score (nSPS) is 10.8. The largest absolute Gasteiger partial charge is 0.382 e. The molecule has 3 rings (SSSR count). The van der Waals surface area contributed by atoms with E-state index in [9.17, 15) is 9.59 Å². The molecule has 0 bridgehead atoms. The van der Waals surface area contributed by atoms with Crippen molar-refractivity contribution in [1.29, 1.82) is 0 Å². The van der Waals surface area contributed by atoms with Gasteiger partial charge >= 0.3 is 0 Å². The highest BCUT2D eigenvalue weighted by molar-refractivity contribution is 7.13. The number of hydrogen-bond donors (Lipinski definition) is 1. The number of fused-ring (bicyclic) bond motifs is 1. The highest BCUT2D eigenvalue weighted by Gasteiger charge is 2.19. The summed E-state index contributed by atoms with van der Waals surface area (Å²) in [6.45, 7) is 5.39. The molecule has 0 saturated carbocycles. The number of aromatic nitrogens is 1. The Bertz CT molecular complexity index is 986. The van der Waals surface area contributed by atoms with Gasteiger partial charge in [-0.2, -0.15) is 0 Å². The molecular weight excluding hydrogens is 386 g/mol. The quantitative estimate of drug-likeness (QED) is 0.538. The van der Waals surface area contributed by atoms with Crippen molar-refractivity contribution in [2.45, 2.75) is 20.3 Å². The first kappa shape index (κ1) is 21.0. The summed E-state index contributed by atoms with van der Waals surface area (Å²) in [5.74, 6) is -0.428. The van der Waals surface area contributed by atoms with Crippen molar-refractivity contribution in [3.8, 4) is 0 Å². The van der Waals surface area contributed by atoms with Crippen molar-refractivity contribution in [3.05, 3.63) is 59.1 Å². The van der Waals surface area contributed by atoms with E-state index in [4.69, 9.17) is 4.74 Å². The van der Waals surface area contributed by atoms with Gasteiger partial charge < -0.3 is 15.0 Å². The lowest BCUT2D eigenvalue weighted by molar-refractivity contribution is -0.116. The number of amides is 2. The van der Waals surface area contributed by atoms with E-state index in [-0.39, 0.29) is 18.4 Å². The van der Waals surface area contributed by atoms with Gasteiger partial charge in [0, 0.05) is 30.7 Å². The first-order chi connectivity index (χ1) is 14.1. The second kappa shape index (κ2) is 10.1. The number of nitrogens with one attached hydrogen (secondary N) is 1. The summed E-state index contributed by atoms with van der Waals surface area (Å²) in [7, 11) is 0. The minimum Gasteiger partial charge on any atom is -0.382 e. The molecule has 1 aromatic heterocycles. The minimum absolute atomic E-state index is 0.0313. The second-order valence-electron chi connectivity index (χ2n) is 6.68. The Kier molecular flexibility index (Phi) is 7.32. The first-order valence-corrected chi connectivity index (χ1v) is 10.5. The van der Waals surface area contributed by atoms with Crippen LogP contribution in [-0.4, -0.2) is 48.0 Å². The number of rotatable bonds is 9. The number of hydrogen-bond acceptors (Lipinski definition) is 5. The van der Waals surface area contributed by atoms with Gasteiger partial charge in [-0.15, -0.1) is 11.3 Å². The number of aryl methyl sites for hydroxylation is 1. The smallest absolute Gasteiger partial charge is 0.254 e. The fraction of sp³-hybridized carbons (Fsp3) is 0.318. The zero-order valence-electron chi connectivity index (χ0n) is 16.7. The van der Waals surface area contributed by atoms with E-state index in [2.05, 4.69) is 10.3 Å². The summed E-state index contributed by atoms with van der Waals surface area (Å²) in [5.41, 5.74) is 1.42. The van der Waals surface area contributed by atoms with Crippen LogP contribution in [0, 0.1) is 6.92 Å². The van der Waals surface area contributed by atoms with Crippen LogP contribution in [0.2, 0.25) is 0 Å². The molecule has 0 fully saturated rings. The van der Waals surface area contributed by atoms with E-state index < -0.39 is 0 Å². The predicted molar refractivity (Wildman–Crippen MR) is 116 cm³/mol. The van der Waals surface area contributed by atoms with Crippen molar-refractivity contribution < 1.29 is 14.3 Å². The molecule has 2 amide bonds. The van der Waals surface area contributed by atoms with Gasteiger partial charge in [-0.25, -0.2) is 4.98 Å². The van der Waals surface area contributed by atoms with Gasteiger partial charge in [-0.05, 0) is 43.2 Å². The highest BCUT2D eigenvalue weighted by atomic mass is 32.1. The maximum Gasteiger partial charge on any atom is 0.254 e. The van der Waals surface area contributed by atoms with Gasteiger partial charge in [-0.1, -0.05) is 30.3 Å². The van der Waals surface area contributed by atoms with Gasteiger partial charge in [0.05, 0.1) is 5.69 Å². The Morgan fingerprint density at radius 1 is 1.17 bits per heavy atom. The average molecular weight is 412 g/mol. The number of carbonyl (C=O) groups excluding carboxylic acids is 2. The fourth-order valence-corrected chi connectivity index (χ4v) is 3.71. The number of thiazole rings is 1. The molecule has 0 aliphatic carbocycles. The summed E-state index contributed by atoms with van der Waals surface area (Å²) >= 11 is 1.37. The zero-order chi connectivity index (χ0) is 20.6. The van der Waals surface area contributed by atoms with Gasteiger partial charge in [0.2, 0.25) is 5.91 Å². The third kappa shape index (κ3) is 5.85. The van der Waals surface area contributed by atoms with E-state index in [0.29, 0.717) is 36.9 Å². The fourth-order valence-electron chi connectivity index (χ4n) is 3.00. The van der Waals surface area contributed by atoms with Crippen molar-refractivity contribution in [1.82, 2.24) is 9.88 Å². The number of ether oxygens (including phenoxy) is 1. The Balaban J connectivity index is 1.73. The Morgan fingerprint density at radius 3 is 2.69 bits per heavy atom. The standard InChI is InChI=1S/C22H25N3O3S/c1-3-28-12-6-11-25(14-20(26)24-22-23-16(2)15-29-22)21(27)19-10-9-17-7-4-5-8-18(17)13-19/h4-5,7-10,13,15H,3,6,11-12,14H2,1-2H3,(H,23,24,26). The average Bonchev–Trinajstić information content (AvgIpc) is 3.13. The molecule has 3 aromatic rings. The lowest BCUT2D eigenvalue weighted by Crippen LogP contribution is -2.39. The maximum absolute atomic E-state index is 13.1. The Morgan fingerprint density at radius 2 is 1.97 bits per heavy atom. The molecule has 0 aliphatic rings. The van der Waals surface area contributed by atoms with E-state index in [0.717, 1.165) is 16.5 Å². The molecule has 1 N–H and O–H groups in total. The van der Waals surface area contributed by atoms with Gasteiger partial charge in [0.1, 0.15) is 6.54 Å². The van der Waals surface area contributed by atoms with E-state index in [1.54, 1.807) is 4.90 Å². The number of anilines is 1. The summed E-state index contributed by atoms with van der Waals surface area (Å²) in [6, 6.07) is 13.5. The number of carbonyl (C=O) groups is 2. The second-order valence-corrected chi connectivity index (χ2v) is 7.54. The van der Waals surface area contributed by atoms with Crippen LogP contribution in [0.25, 0.3) is 10.8 Å². The number of nitrogens with zero attached hydrogens (tertiary/aromatic N) is 2. The molecule has 29 heavy (non-hydrogen) atoms. The van der Waals surface area contributed by atoms with Crippen LogP contribution in [0.1, 0.15) is 29.4 Å². The molecule has 0 radical (unpaired) electrons. The lowest BCUT2D eigenvalue weighted by Gasteiger charge is -2.22. The summed E-state index contributed by atoms with van der Waals surface area (Å²) in [5, 5.41) is 7.26. The lowest BCUT2D eigenvalue weighted by atomic mass is 10.1. The van der Waals surface area contributed by atoms with Crippen LogP contribution >= 0.6 is 11.3 Å². The van der Waals surface area contributed by atoms with Gasteiger partial charge in [0.15, 0.2) is 5.13 Å². The van der Waals surface area contributed by atoms with E-state index in [1.165, 1.54) is 11.3 Å². The predicted octanol–water partition coefficient (Wildman–Crippen LogP) is 4.11. The topological polar surface area (TPSA) is 71.5 Å². The number of benzene rings is 2. The molecule has 0 aliphatic heterocycles. The van der Waals surface area contributed by atoms with Gasteiger partial charge in [0.25, 0.3) is 5.91 Å². The van der Waals surface area contributed by atoms with Crippen LogP contribution in [-0.2, 0) is 9.53 Å². The summed E-state index contributed by atoms with van der Waals surface area (Å²) in [6.07, 6.45) is 0.663. The third-order valence-corrected chi connectivity index (χ3v) is 5.28. The van der Waals surface area contributed by atoms with Crippen LogP contribution in [0.3, 0.4) is 0 Å². The zero-order valence-corrected chi connectivity index (χ0v) is 17.5. The Labute approximate surface area is 174 Å². The van der Waals surface area contributed by atoms with E-state index >= 15 is 0 Å². The van der Waals surface area contributed by atoms with Gasteiger partial charge in [-0.3, -0.25) is 9.59 Å². The van der Waals surface area contributed by atoms with Crippen LogP contribution in [0.5, 0.6) is 0 Å². The molecular formula is C22H25N3O3S. The van der Waals surface area contributed by atoms with E-state index in [1.807, 2.05) is 61.7 Å². The summed E-state index contributed by atoms with van der Waals surface area (Å²) in [4.78, 5) is 31.4. The van der Waals surface area contributed by atoms with Crippen molar-refractivity contribution in [2.24, 2.45) is 0 Å². The van der Waals surface area contributed by atoms with Crippen LogP contribution in [0.4, 0.5) is 5.13 Å². The molecule has 0 unspecified atom stereocenters. The molecule has 0 saturated heterocycles. The molecule has 152 valence electrons. The monoisotopic (exact) mass is 411 g/mol. The summed E-state index contributed by atoms with van der Waals surface area (Å²) < 4.78 is 5.38. The van der Waals surface area contributed by atoms with Crippen molar-refractivity contribution in [3.63, 3.8) is 0 Å². The molecule has 0 atom stereocenters. The van der Waals surface area contributed by atoms with Crippen LogP contribution < -0.4 is 5.32 Å².